The van der Waals surface area contributed by atoms with Gasteiger partial charge in [0.05, 0.1) is 5.56 Å². The number of furan rings is 1. The summed E-state index contributed by atoms with van der Waals surface area (Å²) in [5.74, 6) is -1.97. The summed E-state index contributed by atoms with van der Waals surface area (Å²) in [6.45, 7) is 3.61. The number of nitrogens with zero attached hydrogens (tertiary/aromatic N) is 1. The molecular weight excluding hydrogens is 360 g/mol. The maximum absolute atomic E-state index is 12.4. The van der Waals surface area contributed by atoms with E-state index in [1.165, 1.54) is 14.1 Å². The van der Waals surface area contributed by atoms with Crippen molar-refractivity contribution in [2.45, 2.75) is 25.0 Å². The molecule has 2 rings (SSSR count). The molecule has 0 saturated carbocycles. The van der Waals surface area contributed by atoms with Crippen molar-refractivity contribution in [1.82, 2.24) is 9.62 Å². The largest absolute Gasteiger partial charge is 0.479 e. The molecule has 0 aliphatic heterocycles. The van der Waals surface area contributed by atoms with E-state index in [0.717, 1.165) is 27.8 Å². The van der Waals surface area contributed by atoms with Crippen LogP contribution < -0.4 is 5.32 Å². The summed E-state index contributed by atoms with van der Waals surface area (Å²) in [5, 5.41) is 11.5. The first-order chi connectivity index (χ1) is 12.1. The maximum atomic E-state index is 12.4. The lowest BCUT2D eigenvalue weighted by molar-refractivity contribution is -0.139. The zero-order chi connectivity index (χ0) is 19.6. The average Bonchev–Trinajstić information content (AvgIpc) is 3.06. The Morgan fingerprint density at radius 3 is 2.46 bits per heavy atom. The highest BCUT2D eigenvalue weighted by Gasteiger charge is 2.27. The highest BCUT2D eigenvalue weighted by molar-refractivity contribution is 7.88. The van der Waals surface area contributed by atoms with Gasteiger partial charge in [0.25, 0.3) is 15.9 Å². The molecule has 140 valence electrons. The van der Waals surface area contributed by atoms with E-state index in [1.54, 1.807) is 19.1 Å². The number of hydrogen-bond donors (Lipinski definition) is 2. The summed E-state index contributed by atoms with van der Waals surface area (Å²) in [4.78, 5) is 24.0. The predicted octanol–water partition coefficient (Wildman–Crippen LogP) is 1.70. The third kappa shape index (κ3) is 3.78. The smallest absolute Gasteiger partial charge is 0.330 e. The van der Waals surface area contributed by atoms with Gasteiger partial charge in [0.1, 0.15) is 6.26 Å². The molecule has 1 amide bonds. The molecule has 1 heterocycles. The van der Waals surface area contributed by atoms with Crippen LogP contribution in [0.3, 0.4) is 0 Å². The molecule has 1 atom stereocenters. The lowest BCUT2D eigenvalue weighted by Crippen LogP contribution is -2.34. The van der Waals surface area contributed by atoms with Crippen molar-refractivity contribution in [1.29, 1.82) is 0 Å². The molecule has 2 N–H and O–H groups in total. The van der Waals surface area contributed by atoms with Crippen molar-refractivity contribution < 1.29 is 27.5 Å². The topological polar surface area (TPSA) is 117 Å². The fourth-order valence-electron chi connectivity index (χ4n) is 2.32. The van der Waals surface area contributed by atoms with Crippen LogP contribution in [-0.4, -0.2) is 43.8 Å². The number of aliphatic carboxylic acids is 1. The van der Waals surface area contributed by atoms with Gasteiger partial charge in [-0.25, -0.2) is 17.5 Å². The summed E-state index contributed by atoms with van der Waals surface area (Å²) in [5.41, 5.74) is 2.02. The first-order valence-electron chi connectivity index (χ1n) is 7.66. The van der Waals surface area contributed by atoms with E-state index < -0.39 is 33.0 Å². The fraction of sp³-hybridized carbons (Fsp3) is 0.294. The van der Waals surface area contributed by atoms with Gasteiger partial charge in [0, 0.05) is 20.2 Å². The normalized spacial score (nSPS) is 12.8. The Morgan fingerprint density at radius 1 is 1.23 bits per heavy atom. The van der Waals surface area contributed by atoms with Crippen LogP contribution in [0.5, 0.6) is 0 Å². The molecule has 9 heteroatoms. The molecule has 0 saturated heterocycles. The lowest BCUT2D eigenvalue weighted by Gasteiger charge is -2.17. The Bertz CT molecular complexity index is 946. The minimum atomic E-state index is -3.83. The SMILES string of the molecule is Cc1cccc(C(NC(=O)c2coc(S(=O)(=O)N(C)C)c2)C(=O)O)c1C. The van der Waals surface area contributed by atoms with Gasteiger partial charge < -0.3 is 14.8 Å². The van der Waals surface area contributed by atoms with Crippen LogP contribution in [0.15, 0.2) is 40.0 Å². The van der Waals surface area contributed by atoms with Gasteiger partial charge in [-0.1, -0.05) is 18.2 Å². The number of carboxylic acids is 1. The van der Waals surface area contributed by atoms with E-state index in [9.17, 15) is 23.1 Å². The van der Waals surface area contributed by atoms with Gasteiger partial charge in [0.2, 0.25) is 5.09 Å². The molecule has 1 unspecified atom stereocenters. The number of carbonyl (C=O) groups is 2. The van der Waals surface area contributed by atoms with Crippen LogP contribution in [0, 0.1) is 13.8 Å². The van der Waals surface area contributed by atoms with E-state index in [-0.39, 0.29) is 5.56 Å². The first kappa shape index (κ1) is 19.7. The lowest BCUT2D eigenvalue weighted by atomic mass is 9.97. The zero-order valence-electron chi connectivity index (χ0n) is 14.8. The number of aryl methyl sites for hydroxylation is 1. The van der Waals surface area contributed by atoms with Crippen LogP contribution in [0.1, 0.15) is 33.1 Å². The number of sulfonamides is 1. The van der Waals surface area contributed by atoms with E-state index in [1.807, 2.05) is 13.0 Å². The molecule has 0 aliphatic rings. The summed E-state index contributed by atoms with van der Waals surface area (Å²) >= 11 is 0. The van der Waals surface area contributed by atoms with Crippen molar-refractivity contribution in [3.8, 4) is 0 Å². The Hall–Kier alpha value is -2.65. The molecule has 0 spiro atoms. The van der Waals surface area contributed by atoms with Crippen LogP contribution in [-0.2, 0) is 14.8 Å². The average molecular weight is 380 g/mol. The van der Waals surface area contributed by atoms with Crippen molar-refractivity contribution in [3.63, 3.8) is 0 Å². The van der Waals surface area contributed by atoms with Gasteiger partial charge in [-0.15, -0.1) is 0 Å². The second-order valence-corrected chi connectivity index (χ2v) is 8.06. The predicted molar refractivity (Wildman–Crippen MR) is 93.3 cm³/mol. The molecular formula is C17H20N2O6S. The monoisotopic (exact) mass is 380 g/mol. The third-order valence-electron chi connectivity index (χ3n) is 4.05. The minimum Gasteiger partial charge on any atom is -0.479 e. The van der Waals surface area contributed by atoms with Gasteiger partial charge in [0.15, 0.2) is 6.04 Å². The van der Waals surface area contributed by atoms with E-state index in [0.29, 0.717) is 5.56 Å². The van der Waals surface area contributed by atoms with Crippen molar-refractivity contribution in [2.75, 3.05) is 14.1 Å². The Balaban J connectivity index is 2.31. The van der Waals surface area contributed by atoms with Crippen LogP contribution in [0.2, 0.25) is 0 Å². The van der Waals surface area contributed by atoms with E-state index in [2.05, 4.69) is 5.32 Å². The number of hydrogen-bond acceptors (Lipinski definition) is 5. The second-order valence-electron chi connectivity index (χ2n) is 5.98. The molecule has 0 aliphatic carbocycles. The standard InChI is InChI=1S/C17H20N2O6S/c1-10-6-5-7-13(11(10)2)15(17(21)22)18-16(20)12-8-14(25-9-12)26(23,24)19(3)4/h5-9,15H,1-4H3,(H,18,20)(H,21,22). The number of benzene rings is 1. The van der Waals surface area contributed by atoms with Crippen LogP contribution in [0.25, 0.3) is 0 Å². The summed E-state index contributed by atoms with van der Waals surface area (Å²) in [6.07, 6.45) is 0.980. The minimum absolute atomic E-state index is 0.0815. The Labute approximate surface area is 151 Å². The number of rotatable bonds is 6. The fourth-order valence-corrected chi connectivity index (χ4v) is 3.13. The zero-order valence-corrected chi connectivity index (χ0v) is 15.6. The summed E-state index contributed by atoms with van der Waals surface area (Å²) in [6, 6.07) is 4.96. The molecule has 8 nitrogen and oxygen atoms in total. The third-order valence-corrected chi connectivity index (χ3v) is 5.74. The molecule has 2 aromatic rings. The Kier molecular flexibility index (Phi) is 5.53. The number of amides is 1. The highest BCUT2D eigenvalue weighted by Crippen LogP contribution is 2.22. The summed E-state index contributed by atoms with van der Waals surface area (Å²) in [7, 11) is -1.16. The molecule has 26 heavy (non-hydrogen) atoms. The van der Waals surface area contributed by atoms with Gasteiger partial charge in [-0.2, -0.15) is 0 Å². The van der Waals surface area contributed by atoms with Crippen LogP contribution in [0.4, 0.5) is 0 Å². The number of carbonyl (C=O) groups excluding carboxylic acids is 1. The quantitative estimate of drug-likeness (QED) is 0.788. The maximum Gasteiger partial charge on any atom is 0.330 e. The highest BCUT2D eigenvalue weighted by atomic mass is 32.2. The van der Waals surface area contributed by atoms with Gasteiger partial charge in [-0.3, -0.25) is 4.79 Å². The van der Waals surface area contributed by atoms with Crippen molar-refractivity contribution >= 4 is 21.9 Å². The van der Waals surface area contributed by atoms with Gasteiger partial charge >= 0.3 is 5.97 Å². The molecule has 0 radical (unpaired) electrons. The summed E-state index contributed by atoms with van der Waals surface area (Å²) < 4.78 is 29.9. The molecule has 0 fully saturated rings. The van der Waals surface area contributed by atoms with E-state index in [4.69, 9.17) is 4.42 Å². The number of nitrogens with one attached hydrogen (secondary N) is 1. The van der Waals surface area contributed by atoms with Crippen molar-refractivity contribution in [2.24, 2.45) is 0 Å². The van der Waals surface area contributed by atoms with E-state index >= 15 is 0 Å². The molecule has 1 aromatic heterocycles. The van der Waals surface area contributed by atoms with Crippen molar-refractivity contribution in [3.05, 3.63) is 52.8 Å². The van der Waals surface area contributed by atoms with Crippen LogP contribution >= 0.6 is 0 Å². The molecule has 0 bridgehead atoms. The number of carboxylic acid groups (broad SMARTS) is 1. The first-order valence-corrected chi connectivity index (χ1v) is 9.10. The second kappa shape index (κ2) is 7.30. The van der Waals surface area contributed by atoms with Gasteiger partial charge in [-0.05, 0) is 30.5 Å². The molecule has 1 aromatic carbocycles. The Morgan fingerprint density at radius 2 is 1.88 bits per heavy atom.